The molecular weight excluding hydrogens is 243 g/mol. The van der Waals surface area contributed by atoms with Crippen LogP contribution >= 0.6 is 0 Å². The smallest absolute Gasteiger partial charge is 0.267 e. The number of rotatable bonds is 2. The molecule has 0 heterocycles. The normalized spacial score (nSPS) is 23.0. The molecule has 2 atom stereocenters. The van der Waals surface area contributed by atoms with Crippen LogP contribution < -0.4 is 5.43 Å². The molecule has 1 N–H and O–H groups in total. The Labute approximate surface area is 112 Å². The van der Waals surface area contributed by atoms with Gasteiger partial charge in [0.2, 0.25) is 0 Å². The first-order valence-electron chi connectivity index (χ1n) is 6.71. The van der Waals surface area contributed by atoms with Crippen molar-refractivity contribution < 1.29 is 9.18 Å². The molecule has 4 heteroatoms. The van der Waals surface area contributed by atoms with Crippen molar-refractivity contribution in [2.75, 3.05) is 0 Å². The van der Waals surface area contributed by atoms with Crippen molar-refractivity contribution in [3.63, 3.8) is 0 Å². The summed E-state index contributed by atoms with van der Waals surface area (Å²) in [4.78, 5) is 11.9. The Hall–Kier alpha value is -1.71. The summed E-state index contributed by atoms with van der Waals surface area (Å²) in [5, 5.41) is 4.27. The maximum atomic E-state index is 12.8. The number of amides is 1. The zero-order valence-corrected chi connectivity index (χ0v) is 11.3. The molecule has 1 aromatic rings. The summed E-state index contributed by atoms with van der Waals surface area (Å²) in [6.45, 7) is 4.27. The Morgan fingerprint density at radius 2 is 1.79 bits per heavy atom. The molecule has 19 heavy (non-hydrogen) atoms. The van der Waals surface area contributed by atoms with Gasteiger partial charge in [0.1, 0.15) is 5.82 Å². The molecule has 0 aliphatic heterocycles. The Morgan fingerprint density at radius 1 is 1.21 bits per heavy atom. The maximum Gasteiger partial charge on any atom is 0.271 e. The SMILES string of the molecule is C[C@H]1CCC[C@H](C)C1=NNC(=O)c1ccc(F)cc1. The maximum absolute atomic E-state index is 12.8. The quantitative estimate of drug-likeness (QED) is 0.816. The summed E-state index contributed by atoms with van der Waals surface area (Å²) >= 11 is 0. The van der Waals surface area contributed by atoms with Gasteiger partial charge in [-0.25, -0.2) is 9.82 Å². The highest BCUT2D eigenvalue weighted by atomic mass is 19.1. The largest absolute Gasteiger partial charge is 0.271 e. The van der Waals surface area contributed by atoms with Crippen molar-refractivity contribution in [1.82, 2.24) is 5.43 Å². The number of hydrogen-bond acceptors (Lipinski definition) is 2. The summed E-state index contributed by atoms with van der Waals surface area (Å²) < 4.78 is 12.8. The fourth-order valence-corrected chi connectivity index (χ4v) is 2.51. The third-order valence-corrected chi connectivity index (χ3v) is 3.68. The van der Waals surface area contributed by atoms with Crippen molar-refractivity contribution in [2.45, 2.75) is 33.1 Å². The molecule has 0 unspecified atom stereocenters. The zero-order valence-electron chi connectivity index (χ0n) is 11.3. The van der Waals surface area contributed by atoms with E-state index in [0.29, 0.717) is 17.4 Å². The van der Waals surface area contributed by atoms with E-state index < -0.39 is 0 Å². The summed E-state index contributed by atoms with van der Waals surface area (Å²) in [5.41, 5.74) is 4.05. The number of carbonyl (C=O) groups is 1. The number of benzene rings is 1. The molecule has 1 aromatic carbocycles. The molecule has 1 fully saturated rings. The summed E-state index contributed by atoms with van der Waals surface area (Å²) in [6, 6.07) is 5.46. The molecule has 1 saturated carbocycles. The topological polar surface area (TPSA) is 41.5 Å². The summed E-state index contributed by atoms with van der Waals surface area (Å²) in [6.07, 6.45) is 3.46. The van der Waals surface area contributed by atoms with Gasteiger partial charge in [-0.15, -0.1) is 0 Å². The van der Waals surface area contributed by atoms with E-state index in [0.717, 1.165) is 18.6 Å². The fraction of sp³-hybridized carbons (Fsp3) is 0.467. The molecule has 2 rings (SSSR count). The van der Waals surface area contributed by atoms with Crippen LogP contribution in [-0.2, 0) is 0 Å². The van der Waals surface area contributed by atoms with Gasteiger partial charge in [0.05, 0.1) is 0 Å². The van der Waals surface area contributed by atoms with E-state index in [9.17, 15) is 9.18 Å². The highest BCUT2D eigenvalue weighted by Gasteiger charge is 2.23. The van der Waals surface area contributed by atoms with Crippen LogP contribution in [0, 0.1) is 17.7 Å². The number of nitrogens with one attached hydrogen (secondary N) is 1. The van der Waals surface area contributed by atoms with E-state index >= 15 is 0 Å². The molecule has 1 amide bonds. The highest BCUT2D eigenvalue weighted by molar-refractivity contribution is 5.96. The summed E-state index contributed by atoms with van der Waals surface area (Å²) in [7, 11) is 0. The lowest BCUT2D eigenvalue weighted by Gasteiger charge is -2.26. The standard InChI is InChI=1S/C15H19FN2O/c1-10-4-3-5-11(2)14(10)17-18-15(19)12-6-8-13(16)9-7-12/h6-11H,3-5H2,1-2H3,(H,18,19)/t10-,11-/m0/s1. The van der Waals surface area contributed by atoms with Crippen LogP contribution in [0.15, 0.2) is 29.4 Å². The van der Waals surface area contributed by atoms with E-state index in [2.05, 4.69) is 24.4 Å². The van der Waals surface area contributed by atoms with Gasteiger partial charge in [0.15, 0.2) is 0 Å². The molecular formula is C15H19FN2O. The fourth-order valence-electron chi connectivity index (χ4n) is 2.51. The Bertz CT molecular complexity index is 469. The van der Waals surface area contributed by atoms with Crippen LogP contribution in [0.4, 0.5) is 4.39 Å². The van der Waals surface area contributed by atoms with E-state index in [1.807, 2.05) is 0 Å². The predicted octanol–water partition coefficient (Wildman–Crippen LogP) is 3.37. The van der Waals surface area contributed by atoms with Crippen molar-refractivity contribution in [3.05, 3.63) is 35.6 Å². The van der Waals surface area contributed by atoms with Crippen LogP contribution in [0.1, 0.15) is 43.5 Å². The Balaban J connectivity index is 2.04. The van der Waals surface area contributed by atoms with Gasteiger partial charge < -0.3 is 0 Å². The van der Waals surface area contributed by atoms with E-state index in [1.165, 1.54) is 30.7 Å². The van der Waals surface area contributed by atoms with Crippen LogP contribution in [0.5, 0.6) is 0 Å². The van der Waals surface area contributed by atoms with Crippen LogP contribution in [-0.4, -0.2) is 11.6 Å². The third-order valence-electron chi connectivity index (χ3n) is 3.68. The average Bonchev–Trinajstić information content (AvgIpc) is 2.38. The third kappa shape index (κ3) is 3.40. The second kappa shape index (κ2) is 5.95. The number of hydrogen-bond donors (Lipinski definition) is 1. The minimum absolute atomic E-state index is 0.294. The number of carbonyl (C=O) groups excluding carboxylic acids is 1. The minimum atomic E-state index is -0.350. The van der Waals surface area contributed by atoms with Gasteiger partial charge in [-0.3, -0.25) is 4.79 Å². The van der Waals surface area contributed by atoms with Crippen LogP contribution in [0.25, 0.3) is 0 Å². The number of hydrazone groups is 1. The summed E-state index contributed by atoms with van der Waals surface area (Å²) in [5.74, 6) is 0.185. The second-order valence-electron chi connectivity index (χ2n) is 5.22. The molecule has 0 bridgehead atoms. The lowest BCUT2D eigenvalue weighted by atomic mass is 9.81. The Kier molecular flexibility index (Phi) is 4.30. The van der Waals surface area contributed by atoms with Crippen molar-refractivity contribution in [1.29, 1.82) is 0 Å². The van der Waals surface area contributed by atoms with E-state index in [-0.39, 0.29) is 11.7 Å². The van der Waals surface area contributed by atoms with Crippen LogP contribution in [0.3, 0.4) is 0 Å². The van der Waals surface area contributed by atoms with Gasteiger partial charge in [0, 0.05) is 11.3 Å². The van der Waals surface area contributed by atoms with Gasteiger partial charge >= 0.3 is 0 Å². The Morgan fingerprint density at radius 3 is 2.37 bits per heavy atom. The molecule has 102 valence electrons. The minimum Gasteiger partial charge on any atom is -0.267 e. The first kappa shape index (κ1) is 13.7. The van der Waals surface area contributed by atoms with Crippen molar-refractivity contribution in [3.8, 4) is 0 Å². The van der Waals surface area contributed by atoms with Gasteiger partial charge in [-0.05, 0) is 48.9 Å². The highest BCUT2D eigenvalue weighted by Crippen LogP contribution is 2.25. The molecule has 0 saturated heterocycles. The monoisotopic (exact) mass is 262 g/mol. The molecule has 3 nitrogen and oxygen atoms in total. The second-order valence-corrected chi connectivity index (χ2v) is 5.22. The molecule has 1 aliphatic carbocycles. The van der Waals surface area contributed by atoms with Crippen molar-refractivity contribution in [2.24, 2.45) is 16.9 Å². The van der Waals surface area contributed by atoms with E-state index in [1.54, 1.807) is 0 Å². The van der Waals surface area contributed by atoms with Crippen molar-refractivity contribution >= 4 is 11.6 Å². The first-order valence-corrected chi connectivity index (χ1v) is 6.71. The van der Waals surface area contributed by atoms with Crippen LogP contribution in [0.2, 0.25) is 0 Å². The molecule has 0 spiro atoms. The number of halogens is 1. The van der Waals surface area contributed by atoms with Gasteiger partial charge in [0.25, 0.3) is 5.91 Å². The first-order chi connectivity index (χ1) is 9.08. The average molecular weight is 262 g/mol. The lowest BCUT2D eigenvalue weighted by molar-refractivity contribution is 0.0954. The van der Waals surface area contributed by atoms with E-state index in [4.69, 9.17) is 0 Å². The zero-order chi connectivity index (χ0) is 13.8. The van der Waals surface area contributed by atoms with Gasteiger partial charge in [-0.2, -0.15) is 5.10 Å². The molecule has 0 radical (unpaired) electrons. The van der Waals surface area contributed by atoms with Gasteiger partial charge in [-0.1, -0.05) is 20.3 Å². The predicted molar refractivity (Wildman–Crippen MR) is 73.5 cm³/mol. The molecule has 0 aromatic heterocycles. The number of nitrogens with zero attached hydrogens (tertiary/aromatic N) is 1. The molecule has 1 aliphatic rings. The lowest BCUT2D eigenvalue weighted by Crippen LogP contribution is -2.29.